The van der Waals surface area contributed by atoms with E-state index in [1.807, 2.05) is 0 Å². The van der Waals surface area contributed by atoms with Crippen LogP contribution in [0.2, 0.25) is 0 Å². The number of aromatic carboxylic acids is 1. The van der Waals surface area contributed by atoms with E-state index in [-0.39, 0.29) is 22.5 Å². The van der Waals surface area contributed by atoms with Crippen LogP contribution in [0.15, 0.2) is 47.1 Å². The average Bonchev–Trinajstić information content (AvgIpc) is 3.37. The smallest absolute Gasteiger partial charge is 0.345 e. The third-order valence-electron chi connectivity index (χ3n) is 4.79. The van der Waals surface area contributed by atoms with Gasteiger partial charge in [0.05, 0.1) is 6.26 Å². The first-order chi connectivity index (χ1) is 13.5. The molecule has 1 aliphatic heterocycles. The molecule has 3 heterocycles. The highest BCUT2D eigenvalue weighted by Gasteiger charge is 2.33. The fourth-order valence-corrected chi connectivity index (χ4v) is 4.32. The van der Waals surface area contributed by atoms with E-state index >= 15 is 0 Å². The van der Waals surface area contributed by atoms with Gasteiger partial charge in [-0.3, -0.25) is 9.59 Å². The van der Waals surface area contributed by atoms with E-state index in [9.17, 15) is 14.4 Å². The topological polar surface area (TPSA) is 99.9 Å². The lowest BCUT2D eigenvalue weighted by atomic mass is 10.0. The number of anilines is 1. The van der Waals surface area contributed by atoms with Crippen LogP contribution < -0.4 is 5.32 Å². The quantitative estimate of drug-likeness (QED) is 0.696. The Labute approximate surface area is 164 Å². The van der Waals surface area contributed by atoms with E-state index in [0.717, 1.165) is 22.9 Å². The summed E-state index contributed by atoms with van der Waals surface area (Å²) in [5, 5.41) is 12.7. The van der Waals surface area contributed by atoms with Gasteiger partial charge in [-0.2, -0.15) is 0 Å². The molecule has 2 amide bonds. The molecule has 1 saturated heterocycles. The minimum absolute atomic E-state index is 0.223. The van der Waals surface area contributed by atoms with Crippen molar-refractivity contribution in [1.82, 2.24) is 4.90 Å². The number of fused-ring (bicyclic) bond motifs is 1. The number of hydrogen-bond acceptors (Lipinski definition) is 5. The number of thiophene rings is 1. The summed E-state index contributed by atoms with van der Waals surface area (Å²) in [5.41, 5.74) is 0.572. The number of furan rings is 1. The fourth-order valence-electron chi connectivity index (χ4n) is 3.44. The van der Waals surface area contributed by atoms with Crippen molar-refractivity contribution >= 4 is 44.9 Å². The van der Waals surface area contributed by atoms with Gasteiger partial charge in [0.1, 0.15) is 10.9 Å². The maximum absolute atomic E-state index is 12.9. The molecule has 7 nitrogen and oxygen atoms in total. The van der Waals surface area contributed by atoms with Crippen molar-refractivity contribution in [2.75, 3.05) is 11.9 Å². The lowest BCUT2D eigenvalue weighted by Gasteiger charge is -2.34. The number of amides is 2. The molecule has 0 saturated carbocycles. The maximum atomic E-state index is 12.9. The molecule has 1 unspecified atom stereocenters. The molecule has 1 atom stereocenters. The van der Waals surface area contributed by atoms with E-state index in [4.69, 9.17) is 9.52 Å². The van der Waals surface area contributed by atoms with Crippen molar-refractivity contribution in [3.8, 4) is 0 Å². The zero-order chi connectivity index (χ0) is 19.7. The first-order valence-electron chi connectivity index (χ1n) is 8.95. The number of benzene rings is 1. The maximum Gasteiger partial charge on any atom is 0.345 e. The Balaban J connectivity index is 1.53. The summed E-state index contributed by atoms with van der Waals surface area (Å²) in [6, 6.07) is 9.53. The Morgan fingerprint density at radius 3 is 2.79 bits per heavy atom. The summed E-state index contributed by atoms with van der Waals surface area (Å²) in [5.74, 6) is -1.29. The van der Waals surface area contributed by atoms with Gasteiger partial charge in [-0.05, 0) is 61.0 Å². The molecule has 1 aromatic carbocycles. The SMILES string of the molecule is O=C(O)c1cc2cc(NC(=O)C3CCCCN3C(=O)c3ccco3)ccc2s1. The van der Waals surface area contributed by atoms with E-state index in [2.05, 4.69) is 5.32 Å². The highest BCUT2D eigenvalue weighted by molar-refractivity contribution is 7.20. The summed E-state index contributed by atoms with van der Waals surface area (Å²) in [6.07, 6.45) is 3.73. The van der Waals surface area contributed by atoms with Gasteiger partial charge in [-0.15, -0.1) is 11.3 Å². The number of nitrogens with zero attached hydrogens (tertiary/aromatic N) is 1. The van der Waals surface area contributed by atoms with Gasteiger partial charge in [0, 0.05) is 16.9 Å². The summed E-state index contributed by atoms with van der Waals surface area (Å²) >= 11 is 1.19. The molecule has 2 N–H and O–H groups in total. The average molecular weight is 398 g/mol. The first kappa shape index (κ1) is 18.2. The third kappa shape index (κ3) is 3.50. The second-order valence-electron chi connectivity index (χ2n) is 6.65. The predicted octanol–water partition coefficient (Wildman–Crippen LogP) is 3.83. The highest BCUT2D eigenvalue weighted by Crippen LogP contribution is 2.29. The minimum Gasteiger partial charge on any atom is -0.477 e. The van der Waals surface area contributed by atoms with Gasteiger partial charge in [0.15, 0.2) is 5.76 Å². The summed E-state index contributed by atoms with van der Waals surface area (Å²) in [7, 11) is 0. The number of carbonyl (C=O) groups excluding carboxylic acids is 2. The van der Waals surface area contributed by atoms with Crippen molar-refractivity contribution < 1.29 is 23.9 Å². The van der Waals surface area contributed by atoms with Crippen molar-refractivity contribution in [2.45, 2.75) is 25.3 Å². The number of piperidine rings is 1. The molecular weight excluding hydrogens is 380 g/mol. The lowest BCUT2D eigenvalue weighted by Crippen LogP contribution is -2.49. The van der Waals surface area contributed by atoms with Crippen LogP contribution in [-0.4, -0.2) is 40.4 Å². The Morgan fingerprint density at radius 2 is 2.04 bits per heavy atom. The van der Waals surface area contributed by atoms with Crippen molar-refractivity contribution in [1.29, 1.82) is 0 Å². The number of rotatable bonds is 4. The minimum atomic E-state index is -0.971. The monoisotopic (exact) mass is 398 g/mol. The number of carbonyl (C=O) groups is 3. The molecule has 3 aromatic rings. The van der Waals surface area contributed by atoms with Crippen LogP contribution in [0.3, 0.4) is 0 Å². The molecule has 0 spiro atoms. The zero-order valence-electron chi connectivity index (χ0n) is 14.9. The standard InChI is InChI=1S/C20H18N2O5S/c23-18(14-4-1-2-8-22(14)19(24)15-5-3-9-27-15)21-13-6-7-16-12(10-13)11-17(28-16)20(25)26/h3,5-7,9-11,14H,1-2,4,8H2,(H,21,23)(H,25,26). The van der Waals surface area contributed by atoms with Gasteiger partial charge < -0.3 is 19.7 Å². The van der Waals surface area contributed by atoms with Crippen LogP contribution in [0.4, 0.5) is 5.69 Å². The van der Waals surface area contributed by atoms with Gasteiger partial charge in [-0.25, -0.2) is 4.79 Å². The number of carboxylic acid groups (broad SMARTS) is 1. The van der Waals surface area contributed by atoms with E-state index in [1.165, 1.54) is 17.6 Å². The second-order valence-corrected chi connectivity index (χ2v) is 7.73. The van der Waals surface area contributed by atoms with Gasteiger partial charge in [0.25, 0.3) is 5.91 Å². The molecule has 0 bridgehead atoms. The molecule has 144 valence electrons. The molecule has 28 heavy (non-hydrogen) atoms. The van der Waals surface area contributed by atoms with Gasteiger partial charge in [0.2, 0.25) is 5.91 Å². The van der Waals surface area contributed by atoms with Crippen LogP contribution in [0.1, 0.15) is 39.5 Å². The molecule has 0 radical (unpaired) electrons. The predicted molar refractivity (Wildman–Crippen MR) is 105 cm³/mol. The molecule has 0 aliphatic carbocycles. The zero-order valence-corrected chi connectivity index (χ0v) is 15.7. The third-order valence-corrected chi connectivity index (χ3v) is 5.90. The normalized spacial score (nSPS) is 16.9. The Kier molecular flexibility index (Phi) is 4.87. The van der Waals surface area contributed by atoms with Crippen molar-refractivity contribution in [2.24, 2.45) is 0 Å². The fraction of sp³-hybridized carbons (Fsp3) is 0.250. The number of likely N-dealkylation sites (tertiary alicyclic amines) is 1. The molecule has 8 heteroatoms. The molecular formula is C20H18N2O5S. The largest absolute Gasteiger partial charge is 0.477 e. The highest BCUT2D eigenvalue weighted by atomic mass is 32.1. The Bertz CT molecular complexity index is 1040. The van der Waals surface area contributed by atoms with Gasteiger partial charge >= 0.3 is 5.97 Å². The van der Waals surface area contributed by atoms with Crippen LogP contribution in [-0.2, 0) is 4.79 Å². The Hall–Kier alpha value is -3.13. The van der Waals surface area contributed by atoms with E-state index in [0.29, 0.717) is 18.7 Å². The molecule has 1 aliphatic rings. The summed E-state index contributed by atoms with van der Waals surface area (Å²) in [6.45, 7) is 0.503. The Morgan fingerprint density at radius 1 is 1.18 bits per heavy atom. The second kappa shape index (κ2) is 7.47. The summed E-state index contributed by atoms with van der Waals surface area (Å²) in [4.78, 5) is 38.5. The number of hydrogen-bond donors (Lipinski definition) is 2. The van der Waals surface area contributed by atoms with Crippen LogP contribution >= 0.6 is 11.3 Å². The van der Waals surface area contributed by atoms with Crippen molar-refractivity contribution in [3.05, 3.63) is 53.3 Å². The van der Waals surface area contributed by atoms with Crippen LogP contribution in [0.25, 0.3) is 10.1 Å². The van der Waals surface area contributed by atoms with Gasteiger partial charge in [-0.1, -0.05) is 0 Å². The summed E-state index contributed by atoms with van der Waals surface area (Å²) < 4.78 is 6.03. The van der Waals surface area contributed by atoms with E-state index < -0.39 is 12.0 Å². The van der Waals surface area contributed by atoms with Crippen molar-refractivity contribution in [3.63, 3.8) is 0 Å². The van der Waals surface area contributed by atoms with E-state index in [1.54, 1.807) is 41.3 Å². The molecule has 2 aromatic heterocycles. The lowest BCUT2D eigenvalue weighted by molar-refractivity contribution is -0.121. The first-order valence-corrected chi connectivity index (χ1v) is 9.77. The molecule has 4 rings (SSSR count). The number of nitrogens with one attached hydrogen (secondary N) is 1. The molecule has 1 fully saturated rings. The van der Waals surface area contributed by atoms with Crippen LogP contribution in [0.5, 0.6) is 0 Å². The van der Waals surface area contributed by atoms with Crippen LogP contribution in [0, 0.1) is 0 Å². The number of carboxylic acids is 1.